The Morgan fingerprint density at radius 1 is 1.32 bits per heavy atom. The minimum Gasteiger partial charge on any atom is -0.484 e. The molecule has 0 unspecified atom stereocenters. The summed E-state index contributed by atoms with van der Waals surface area (Å²) < 4.78 is 40.9. The van der Waals surface area contributed by atoms with Crippen molar-refractivity contribution in [1.82, 2.24) is 5.32 Å². The Balaban J connectivity index is 2.60. The van der Waals surface area contributed by atoms with Crippen molar-refractivity contribution in [1.29, 1.82) is 0 Å². The molecule has 0 spiro atoms. The number of hydrogen-bond acceptors (Lipinski definition) is 3. The van der Waals surface area contributed by atoms with E-state index in [0.717, 1.165) is 0 Å². The van der Waals surface area contributed by atoms with Crippen LogP contribution in [-0.2, 0) is 11.3 Å². The summed E-state index contributed by atoms with van der Waals surface area (Å²) in [6, 6.07) is 6.24. The van der Waals surface area contributed by atoms with Crippen LogP contribution in [0, 0.1) is 0 Å². The highest BCUT2D eigenvalue weighted by molar-refractivity contribution is 5.76. The second-order valence-corrected chi connectivity index (χ2v) is 3.83. The number of amides is 1. The quantitative estimate of drug-likeness (QED) is 0.829. The van der Waals surface area contributed by atoms with Crippen molar-refractivity contribution in [2.75, 3.05) is 13.2 Å². The van der Waals surface area contributed by atoms with Crippen LogP contribution in [0.4, 0.5) is 13.2 Å². The number of para-hydroxylation sites is 1. The largest absolute Gasteiger partial charge is 0.484 e. The van der Waals surface area contributed by atoms with Crippen LogP contribution in [0.5, 0.6) is 5.75 Å². The van der Waals surface area contributed by atoms with Crippen LogP contribution in [0.15, 0.2) is 24.3 Å². The summed E-state index contributed by atoms with van der Waals surface area (Å²) in [5.74, 6) is -0.152. The van der Waals surface area contributed by atoms with Crippen LogP contribution in [-0.4, -0.2) is 25.2 Å². The van der Waals surface area contributed by atoms with Gasteiger partial charge in [0.05, 0.1) is 0 Å². The minimum atomic E-state index is -4.39. The molecule has 0 aliphatic carbocycles. The monoisotopic (exact) mass is 276 g/mol. The van der Waals surface area contributed by atoms with Gasteiger partial charge in [0, 0.05) is 25.1 Å². The van der Waals surface area contributed by atoms with Crippen LogP contribution in [0.2, 0.25) is 0 Å². The lowest BCUT2D eigenvalue weighted by atomic mass is 10.2. The number of hydrogen-bond donors (Lipinski definition) is 2. The molecule has 1 aromatic carbocycles. The van der Waals surface area contributed by atoms with Gasteiger partial charge in [-0.15, -0.1) is 0 Å². The molecule has 4 nitrogen and oxygen atoms in total. The van der Waals surface area contributed by atoms with E-state index >= 15 is 0 Å². The smallest absolute Gasteiger partial charge is 0.422 e. The van der Waals surface area contributed by atoms with Crippen molar-refractivity contribution in [3.05, 3.63) is 29.8 Å². The van der Waals surface area contributed by atoms with Crippen molar-refractivity contribution in [2.45, 2.75) is 19.1 Å². The number of carbonyl (C=O) groups is 1. The van der Waals surface area contributed by atoms with E-state index in [1.54, 1.807) is 18.2 Å². The lowest BCUT2D eigenvalue weighted by Gasteiger charge is -2.13. The van der Waals surface area contributed by atoms with E-state index in [0.29, 0.717) is 5.56 Å². The molecule has 3 N–H and O–H groups in total. The van der Waals surface area contributed by atoms with Gasteiger partial charge in [0.2, 0.25) is 5.91 Å². The molecule has 0 bridgehead atoms. The van der Waals surface area contributed by atoms with Crippen molar-refractivity contribution < 1.29 is 22.7 Å². The van der Waals surface area contributed by atoms with Gasteiger partial charge in [-0.25, -0.2) is 0 Å². The number of nitrogens with one attached hydrogen (secondary N) is 1. The molecule has 0 aliphatic rings. The first kappa shape index (κ1) is 15.3. The predicted molar refractivity (Wildman–Crippen MR) is 63.5 cm³/mol. The van der Waals surface area contributed by atoms with Gasteiger partial charge in [0.15, 0.2) is 6.61 Å². The number of benzene rings is 1. The average molecular weight is 276 g/mol. The highest BCUT2D eigenvalue weighted by atomic mass is 19.4. The van der Waals surface area contributed by atoms with Gasteiger partial charge in [-0.05, 0) is 6.07 Å². The minimum absolute atomic E-state index is 0.104. The molecule has 1 amide bonds. The maximum absolute atomic E-state index is 12.1. The molecule has 7 heteroatoms. The Morgan fingerprint density at radius 2 is 2.00 bits per heavy atom. The van der Waals surface area contributed by atoms with Gasteiger partial charge in [0.1, 0.15) is 5.75 Å². The summed E-state index contributed by atoms with van der Waals surface area (Å²) in [7, 11) is 0. The molecule has 0 radical (unpaired) electrons. The van der Waals surface area contributed by atoms with Crippen LogP contribution in [0.25, 0.3) is 0 Å². The number of rotatable bonds is 6. The van der Waals surface area contributed by atoms with Gasteiger partial charge in [-0.3, -0.25) is 4.79 Å². The first-order valence-corrected chi connectivity index (χ1v) is 5.66. The Labute approximate surface area is 108 Å². The van der Waals surface area contributed by atoms with Crippen molar-refractivity contribution >= 4 is 5.91 Å². The highest BCUT2D eigenvalue weighted by Gasteiger charge is 2.28. The Kier molecular flexibility index (Phi) is 5.62. The molecule has 0 saturated heterocycles. The topological polar surface area (TPSA) is 64.4 Å². The Bertz CT molecular complexity index is 422. The summed E-state index contributed by atoms with van der Waals surface area (Å²) in [5, 5.41) is 2.56. The van der Waals surface area contributed by atoms with Crippen molar-refractivity contribution in [3.8, 4) is 5.75 Å². The van der Waals surface area contributed by atoms with Crippen LogP contribution in [0.3, 0.4) is 0 Å². The van der Waals surface area contributed by atoms with E-state index in [-0.39, 0.29) is 31.2 Å². The second-order valence-electron chi connectivity index (χ2n) is 3.83. The summed E-state index contributed by atoms with van der Waals surface area (Å²) >= 11 is 0. The Hall–Kier alpha value is -1.76. The lowest BCUT2D eigenvalue weighted by Crippen LogP contribution is -2.25. The molecule has 0 heterocycles. The van der Waals surface area contributed by atoms with Crippen LogP contribution < -0.4 is 15.8 Å². The van der Waals surface area contributed by atoms with Gasteiger partial charge in [-0.1, -0.05) is 18.2 Å². The third-order valence-electron chi connectivity index (χ3n) is 2.21. The molecule has 19 heavy (non-hydrogen) atoms. The van der Waals surface area contributed by atoms with E-state index in [1.165, 1.54) is 6.07 Å². The summed E-state index contributed by atoms with van der Waals surface area (Å²) in [5.41, 5.74) is 5.70. The highest BCUT2D eigenvalue weighted by Crippen LogP contribution is 2.21. The molecule has 1 rings (SSSR count). The molecule has 0 saturated carbocycles. The first-order valence-electron chi connectivity index (χ1n) is 5.66. The summed E-state index contributed by atoms with van der Waals surface area (Å²) in [4.78, 5) is 11.2. The number of carbonyl (C=O) groups excluding carboxylic acids is 1. The fraction of sp³-hybridized carbons (Fsp3) is 0.417. The third-order valence-corrected chi connectivity index (χ3v) is 2.21. The van der Waals surface area contributed by atoms with E-state index in [1.807, 2.05) is 0 Å². The number of ether oxygens (including phenoxy) is 1. The SMILES string of the molecule is NCCC(=O)NCc1ccccc1OCC(F)(F)F. The zero-order valence-corrected chi connectivity index (χ0v) is 10.2. The molecule has 0 fully saturated rings. The number of halogens is 3. The summed E-state index contributed by atoms with van der Waals surface area (Å²) in [6.45, 7) is -1.04. The van der Waals surface area contributed by atoms with Crippen LogP contribution >= 0.6 is 0 Å². The van der Waals surface area contributed by atoms with Gasteiger partial charge >= 0.3 is 6.18 Å². The number of alkyl halides is 3. The molecular formula is C12H15F3N2O2. The van der Waals surface area contributed by atoms with E-state index in [9.17, 15) is 18.0 Å². The van der Waals surface area contributed by atoms with Gasteiger partial charge in [0.25, 0.3) is 0 Å². The maximum Gasteiger partial charge on any atom is 0.422 e. The predicted octanol–water partition coefficient (Wildman–Crippen LogP) is 1.59. The number of nitrogens with two attached hydrogens (primary N) is 1. The molecule has 1 aromatic rings. The zero-order chi connectivity index (χ0) is 14.3. The fourth-order valence-electron chi connectivity index (χ4n) is 1.36. The summed E-state index contributed by atoms with van der Waals surface area (Å²) in [6.07, 6.45) is -4.22. The molecule has 0 aromatic heterocycles. The van der Waals surface area contributed by atoms with Crippen LogP contribution in [0.1, 0.15) is 12.0 Å². The van der Waals surface area contributed by atoms with E-state index in [2.05, 4.69) is 5.32 Å². The molecule has 106 valence electrons. The standard InChI is InChI=1S/C12H15F3N2O2/c13-12(14,15)8-19-10-4-2-1-3-9(10)7-17-11(18)5-6-16/h1-4H,5-8,16H2,(H,17,18). The fourth-order valence-corrected chi connectivity index (χ4v) is 1.36. The lowest BCUT2D eigenvalue weighted by molar-refractivity contribution is -0.153. The molecule has 0 aliphatic heterocycles. The first-order chi connectivity index (χ1) is 8.92. The normalized spacial score (nSPS) is 11.2. The second kappa shape index (κ2) is 6.98. The Morgan fingerprint density at radius 3 is 2.63 bits per heavy atom. The van der Waals surface area contributed by atoms with Crippen molar-refractivity contribution in [3.63, 3.8) is 0 Å². The van der Waals surface area contributed by atoms with Crippen molar-refractivity contribution in [2.24, 2.45) is 5.73 Å². The van der Waals surface area contributed by atoms with Gasteiger partial charge < -0.3 is 15.8 Å². The zero-order valence-electron chi connectivity index (χ0n) is 10.2. The molecule has 0 atom stereocenters. The average Bonchev–Trinajstić information content (AvgIpc) is 2.34. The maximum atomic E-state index is 12.1. The van der Waals surface area contributed by atoms with E-state index < -0.39 is 12.8 Å². The molecular weight excluding hydrogens is 261 g/mol. The van der Waals surface area contributed by atoms with E-state index in [4.69, 9.17) is 10.5 Å². The van der Waals surface area contributed by atoms with Gasteiger partial charge in [-0.2, -0.15) is 13.2 Å². The third kappa shape index (κ3) is 6.10.